The fraction of sp³-hybridized carbons (Fsp3) is 0.0667. The molecule has 0 radical (unpaired) electrons. The van der Waals surface area contributed by atoms with E-state index < -0.39 is 5.97 Å². The molecule has 5 heteroatoms. The van der Waals surface area contributed by atoms with Crippen LogP contribution in [0.1, 0.15) is 11.1 Å². The van der Waals surface area contributed by atoms with Crippen LogP contribution in [0.5, 0.6) is 11.5 Å². The molecule has 0 unspecified atom stereocenters. The zero-order valence-electron chi connectivity index (χ0n) is 10.3. The third-order valence-electron chi connectivity index (χ3n) is 2.55. The lowest BCUT2D eigenvalue weighted by Gasteiger charge is -2.09. The third kappa shape index (κ3) is 3.59. The molecule has 0 heterocycles. The van der Waals surface area contributed by atoms with Crippen molar-refractivity contribution in [3.8, 4) is 17.6 Å². The lowest BCUT2D eigenvalue weighted by Crippen LogP contribution is -2.00. The van der Waals surface area contributed by atoms with Crippen molar-refractivity contribution in [2.24, 2.45) is 0 Å². The zero-order valence-corrected chi connectivity index (χ0v) is 11.9. The van der Waals surface area contributed by atoms with Crippen molar-refractivity contribution >= 4 is 21.9 Å². The summed E-state index contributed by atoms with van der Waals surface area (Å²) in [6.07, 6.45) is -0.0687. The second-order valence-electron chi connectivity index (χ2n) is 4.07. The highest BCUT2D eigenvalue weighted by molar-refractivity contribution is 9.10. The fourth-order valence-corrected chi connectivity index (χ4v) is 2.03. The smallest absolute Gasteiger partial charge is 0.307 e. The monoisotopic (exact) mass is 331 g/mol. The van der Waals surface area contributed by atoms with Gasteiger partial charge in [0.05, 0.1) is 12.0 Å². The van der Waals surface area contributed by atoms with E-state index in [1.807, 2.05) is 6.07 Å². The summed E-state index contributed by atoms with van der Waals surface area (Å²) in [4.78, 5) is 10.7. The SMILES string of the molecule is N#Cc1ccc(Br)cc1Oc1cccc(CC(=O)O)c1. The Morgan fingerprint density at radius 1 is 1.30 bits per heavy atom. The van der Waals surface area contributed by atoms with Crippen LogP contribution in [-0.4, -0.2) is 11.1 Å². The van der Waals surface area contributed by atoms with Crippen molar-refractivity contribution in [1.29, 1.82) is 5.26 Å². The van der Waals surface area contributed by atoms with Crippen molar-refractivity contribution in [2.75, 3.05) is 0 Å². The van der Waals surface area contributed by atoms with Crippen LogP contribution in [-0.2, 0) is 11.2 Å². The van der Waals surface area contributed by atoms with E-state index in [2.05, 4.69) is 15.9 Å². The Hall–Kier alpha value is -2.32. The number of rotatable bonds is 4. The Labute approximate surface area is 124 Å². The predicted molar refractivity (Wildman–Crippen MR) is 76.7 cm³/mol. The minimum atomic E-state index is -0.901. The molecule has 0 spiro atoms. The third-order valence-corrected chi connectivity index (χ3v) is 3.04. The molecule has 0 atom stereocenters. The molecule has 2 rings (SSSR count). The van der Waals surface area contributed by atoms with Gasteiger partial charge in [0.1, 0.15) is 17.6 Å². The minimum Gasteiger partial charge on any atom is -0.481 e. The van der Waals surface area contributed by atoms with Crippen molar-refractivity contribution in [2.45, 2.75) is 6.42 Å². The summed E-state index contributed by atoms with van der Waals surface area (Å²) in [5.74, 6) is 0.0232. The van der Waals surface area contributed by atoms with Gasteiger partial charge in [0, 0.05) is 4.47 Å². The normalized spacial score (nSPS) is 9.80. The lowest BCUT2D eigenvalue weighted by molar-refractivity contribution is -0.136. The van der Waals surface area contributed by atoms with Crippen LogP contribution >= 0.6 is 15.9 Å². The van der Waals surface area contributed by atoms with Gasteiger partial charge >= 0.3 is 5.97 Å². The molecule has 0 aliphatic heterocycles. The van der Waals surface area contributed by atoms with Gasteiger partial charge in [-0.3, -0.25) is 4.79 Å². The summed E-state index contributed by atoms with van der Waals surface area (Å²) in [7, 11) is 0. The Morgan fingerprint density at radius 2 is 2.10 bits per heavy atom. The molecule has 0 amide bonds. The fourth-order valence-electron chi connectivity index (χ4n) is 1.69. The molecule has 0 fully saturated rings. The average molecular weight is 332 g/mol. The van der Waals surface area contributed by atoms with Crippen molar-refractivity contribution in [3.05, 3.63) is 58.1 Å². The largest absolute Gasteiger partial charge is 0.481 e. The highest BCUT2D eigenvalue weighted by atomic mass is 79.9. The predicted octanol–water partition coefficient (Wildman–Crippen LogP) is 3.74. The first-order valence-corrected chi connectivity index (χ1v) is 6.56. The van der Waals surface area contributed by atoms with Crippen molar-refractivity contribution < 1.29 is 14.6 Å². The van der Waals surface area contributed by atoms with E-state index in [0.717, 1.165) is 4.47 Å². The lowest BCUT2D eigenvalue weighted by atomic mass is 10.1. The first-order chi connectivity index (χ1) is 9.58. The summed E-state index contributed by atoms with van der Waals surface area (Å²) in [5.41, 5.74) is 1.06. The summed E-state index contributed by atoms with van der Waals surface area (Å²) in [6, 6.07) is 14.0. The molecule has 20 heavy (non-hydrogen) atoms. The van der Waals surface area contributed by atoms with Gasteiger partial charge in [0.25, 0.3) is 0 Å². The van der Waals surface area contributed by atoms with Gasteiger partial charge in [-0.25, -0.2) is 0 Å². The zero-order chi connectivity index (χ0) is 14.5. The van der Waals surface area contributed by atoms with Crippen molar-refractivity contribution in [3.63, 3.8) is 0 Å². The van der Waals surface area contributed by atoms with Gasteiger partial charge in [-0.15, -0.1) is 0 Å². The number of halogens is 1. The summed E-state index contributed by atoms with van der Waals surface area (Å²) < 4.78 is 6.46. The maximum Gasteiger partial charge on any atom is 0.307 e. The number of hydrogen-bond donors (Lipinski definition) is 1. The van der Waals surface area contributed by atoms with Gasteiger partial charge < -0.3 is 9.84 Å². The topological polar surface area (TPSA) is 70.3 Å². The Bertz CT molecular complexity index is 692. The van der Waals surface area contributed by atoms with Crippen LogP contribution in [0.2, 0.25) is 0 Å². The van der Waals surface area contributed by atoms with Crippen LogP contribution in [0, 0.1) is 11.3 Å². The molecule has 2 aromatic carbocycles. The molecule has 2 aromatic rings. The van der Waals surface area contributed by atoms with E-state index in [0.29, 0.717) is 22.6 Å². The molecular weight excluding hydrogens is 322 g/mol. The van der Waals surface area contributed by atoms with E-state index in [1.165, 1.54) is 0 Å². The Morgan fingerprint density at radius 3 is 2.80 bits per heavy atom. The number of carboxylic acid groups (broad SMARTS) is 1. The second-order valence-corrected chi connectivity index (χ2v) is 4.99. The maximum absolute atomic E-state index is 10.7. The molecule has 0 aromatic heterocycles. The first kappa shape index (κ1) is 14.1. The van der Waals surface area contributed by atoms with Gasteiger partial charge in [0.15, 0.2) is 0 Å². The molecular formula is C15H10BrNO3. The number of carboxylic acids is 1. The van der Waals surface area contributed by atoms with E-state index in [9.17, 15) is 4.79 Å². The average Bonchev–Trinajstić information content (AvgIpc) is 2.38. The van der Waals surface area contributed by atoms with Gasteiger partial charge in [-0.05, 0) is 35.9 Å². The number of hydrogen-bond acceptors (Lipinski definition) is 3. The van der Waals surface area contributed by atoms with Crippen molar-refractivity contribution in [1.82, 2.24) is 0 Å². The molecule has 0 bridgehead atoms. The number of carbonyl (C=O) groups is 1. The van der Waals surface area contributed by atoms with Crippen LogP contribution in [0.15, 0.2) is 46.9 Å². The number of ether oxygens (including phenoxy) is 1. The number of nitrogens with zero attached hydrogens (tertiary/aromatic N) is 1. The first-order valence-electron chi connectivity index (χ1n) is 5.77. The van der Waals surface area contributed by atoms with E-state index in [4.69, 9.17) is 15.1 Å². The minimum absolute atomic E-state index is 0.0687. The molecule has 100 valence electrons. The van der Waals surface area contributed by atoms with Crippen LogP contribution in [0.4, 0.5) is 0 Å². The van der Waals surface area contributed by atoms with Gasteiger partial charge in [-0.1, -0.05) is 28.1 Å². The highest BCUT2D eigenvalue weighted by Crippen LogP contribution is 2.28. The summed E-state index contributed by atoms with van der Waals surface area (Å²) >= 11 is 3.32. The molecule has 0 aliphatic rings. The second kappa shape index (κ2) is 6.22. The molecule has 0 saturated heterocycles. The van der Waals surface area contributed by atoms with Crippen LogP contribution in [0.25, 0.3) is 0 Å². The number of benzene rings is 2. The molecule has 4 nitrogen and oxygen atoms in total. The Kier molecular flexibility index (Phi) is 4.38. The number of aliphatic carboxylic acids is 1. The van der Waals surface area contributed by atoms with E-state index in [-0.39, 0.29) is 6.42 Å². The van der Waals surface area contributed by atoms with Gasteiger partial charge in [0.2, 0.25) is 0 Å². The molecule has 1 N–H and O–H groups in total. The van der Waals surface area contributed by atoms with E-state index >= 15 is 0 Å². The number of nitriles is 1. The van der Waals surface area contributed by atoms with Crippen LogP contribution in [0.3, 0.4) is 0 Å². The maximum atomic E-state index is 10.7. The van der Waals surface area contributed by atoms with E-state index in [1.54, 1.807) is 42.5 Å². The standard InChI is InChI=1S/C15H10BrNO3/c16-12-5-4-11(9-17)14(8-12)20-13-3-1-2-10(6-13)7-15(18)19/h1-6,8H,7H2,(H,18,19). The summed E-state index contributed by atoms with van der Waals surface area (Å²) in [6.45, 7) is 0. The Balaban J connectivity index is 2.28. The quantitative estimate of drug-likeness (QED) is 0.926. The molecule has 0 saturated carbocycles. The highest BCUT2D eigenvalue weighted by Gasteiger charge is 2.07. The van der Waals surface area contributed by atoms with Gasteiger partial charge in [-0.2, -0.15) is 5.26 Å². The molecule has 0 aliphatic carbocycles. The summed E-state index contributed by atoms with van der Waals surface area (Å²) in [5, 5.41) is 17.8. The van der Waals surface area contributed by atoms with Crippen LogP contribution < -0.4 is 4.74 Å².